The molecule has 98 valence electrons. The molecule has 3 rings (SSSR count). The summed E-state index contributed by atoms with van der Waals surface area (Å²) in [5, 5.41) is 3.80. The summed E-state index contributed by atoms with van der Waals surface area (Å²) in [6.07, 6.45) is 4.65. The summed E-state index contributed by atoms with van der Waals surface area (Å²) in [4.78, 5) is 0. The van der Waals surface area contributed by atoms with Crippen LogP contribution in [0.5, 0.6) is 0 Å². The zero-order chi connectivity index (χ0) is 12.8. The van der Waals surface area contributed by atoms with Crippen molar-refractivity contribution in [3.63, 3.8) is 0 Å². The highest BCUT2D eigenvalue weighted by molar-refractivity contribution is 6.30. The van der Waals surface area contributed by atoms with Crippen molar-refractivity contribution in [2.45, 2.75) is 44.1 Å². The number of hydrogen-bond acceptors (Lipinski definition) is 1. The van der Waals surface area contributed by atoms with E-state index in [0.717, 1.165) is 24.9 Å². The van der Waals surface area contributed by atoms with Crippen LogP contribution in [0.2, 0.25) is 5.02 Å². The number of nitrogens with one attached hydrogen (secondary N) is 1. The highest BCUT2D eigenvalue weighted by atomic mass is 35.5. The topological polar surface area (TPSA) is 12.0 Å². The SMILES string of the molecule is CC1CC(CNC2CC2)(c2cccc(Cl)c2F)C1. The second-order valence-corrected chi connectivity index (χ2v) is 6.46. The van der Waals surface area contributed by atoms with Crippen molar-refractivity contribution >= 4 is 11.6 Å². The molecule has 2 fully saturated rings. The van der Waals surface area contributed by atoms with Crippen LogP contribution in [0.1, 0.15) is 38.2 Å². The quantitative estimate of drug-likeness (QED) is 0.872. The average Bonchev–Trinajstić information content (AvgIpc) is 3.11. The predicted octanol–water partition coefficient (Wildman–Crippen LogP) is 3.90. The first kappa shape index (κ1) is 12.4. The molecule has 0 unspecified atom stereocenters. The number of rotatable bonds is 4. The van der Waals surface area contributed by atoms with E-state index in [0.29, 0.717) is 12.0 Å². The zero-order valence-corrected chi connectivity index (χ0v) is 11.4. The molecular weight excluding hydrogens is 249 g/mol. The van der Waals surface area contributed by atoms with Crippen LogP contribution in [0, 0.1) is 11.7 Å². The third-order valence-corrected chi connectivity index (χ3v) is 4.60. The van der Waals surface area contributed by atoms with Gasteiger partial charge in [0.2, 0.25) is 0 Å². The maximum absolute atomic E-state index is 14.2. The summed E-state index contributed by atoms with van der Waals surface area (Å²) < 4.78 is 14.2. The van der Waals surface area contributed by atoms with E-state index in [9.17, 15) is 4.39 Å². The molecule has 1 nitrogen and oxygen atoms in total. The summed E-state index contributed by atoms with van der Waals surface area (Å²) in [7, 11) is 0. The molecule has 0 radical (unpaired) electrons. The molecule has 0 bridgehead atoms. The minimum Gasteiger partial charge on any atom is -0.313 e. The van der Waals surface area contributed by atoms with Crippen LogP contribution in [0.4, 0.5) is 4.39 Å². The van der Waals surface area contributed by atoms with Gasteiger partial charge in [0.25, 0.3) is 0 Å². The van der Waals surface area contributed by atoms with Crippen molar-refractivity contribution < 1.29 is 4.39 Å². The Morgan fingerprint density at radius 3 is 2.72 bits per heavy atom. The lowest BCUT2D eigenvalue weighted by Crippen LogP contribution is -2.48. The van der Waals surface area contributed by atoms with E-state index in [1.807, 2.05) is 12.1 Å². The molecule has 2 aliphatic rings. The molecule has 0 spiro atoms. The summed E-state index contributed by atoms with van der Waals surface area (Å²) in [6.45, 7) is 3.12. The zero-order valence-electron chi connectivity index (χ0n) is 10.7. The molecular formula is C15H19ClFN. The molecule has 1 aromatic carbocycles. The van der Waals surface area contributed by atoms with E-state index >= 15 is 0 Å². The highest BCUT2D eigenvalue weighted by Crippen LogP contribution is 2.49. The Morgan fingerprint density at radius 1 is 1.39 bits per heavy atom. The normalized spacial score (nSPS) is 31.2. The standard InChI is InChI=1S/C15H19ClFN/c1-10-7-15(8-10,9-18-11-5-6-11)12-3-2-4-13(16)14(12)17/h2-4,10-11,18H,5-9H2,1H3. The van der Waals surface area contributed by atoms with Gasteiger partial charge in [-0.25, -0.2) is 4.39 Å². The highest BCUT2D eigenvalue weighted by Gasteiger charge is 2.45. The van der Waals surface area contributed by atoms with Crippen LogP contribution in [-0.2, 0) is 5.41 Å². The number of halogens is 2. The molecule has 2 saturated carbocycles. The largest absolute Gasteiger partial charge is 0.313 e. The van der Waals surface area contributed by atoms with E-state index in [1.165, 1.54) is 12.8 Å². The Bertz CT molecular complexity index is 450. The van der Waals surface area contributed by atoms with E-state index in [4.69, 9.17) is 11.6 Å². The Balaban J connectivity index is 1.85. The van der Waals surface area contributed by atoms with Crippen LogP contribution in [-0.4, -0.2) is 12.6 Å². The van der Waals surface area contributed by atoms with Crippen molar-refractivity contribution in [1.82, 2.24) is 5.32 Å². The summed E-state index contributed by atoms with van der Waals surface area (Å²) >= 11 is 5.92. The van der Waals surface area contributed by atoms with Crippen molar-refractivity contribution in [1.29, 1.82) is 0 Å². The fourth-order valence-corrected chi connectivity index (χ4v) is 3.45. The molecule has 0 saturated heterocycles. The van der Waals surface area contributed by atoms with E-state index in [-0.39, 0.29) is 16.3 Å². The Labute approximate surface area is 113 Å². The summed E-state index contributed by atoms with van der Waals surface area (Å²) in [5.74, 6) is 0.466. The molecule has 1 N–H and O–H groups in total. The maximum atomic E-state index is 14.2. The summed E-state index contributed by atoms with van der Waals surface area (Å²) in [5.41, 5.74) is 0.776. The minimum atomic E-state index is -0.219. The molecule has 2 aliphatic carbocycles. The fraction of sp³-hybridized carbons (Fsp3) is 0.600. The van der Waals surface area contributed by atoms with Crippen molar-refractivity contribution in [2.24, 2.45) is 5.92 Å². The Hall–Kier alpha value is -0.600. The predicted molar refractivity (Wildman–Crippen MR) is 72.5 cm³/mol. The number of hydrogen-bond donors (Lipinski definition) is 1. The summed E-state index contributed by atoms with van der Waals surface area (Å²) in [6, 6.07) is 6.06. The first-order chi connectivity index (χ1) is 8.61. The van der Waals surface area contributed by atoms with Gasteiger partial charge in [-0.1, -0.05) is 30.7 Å². The second-order valence-electron chi connectivity index (χ2n) is 6.05. The van der Waals surface area contributed by atoms with Gasteiger partial charge in [0.15, 0.2) is 0 Å². The van der Waals surface area contributed by atoms with Gasteiger partial charge in [-0.2, -0.15) is 0 Å². The van der Waals surface area contributed by atoms with Gasteiger partial charge >= 0.3 is 0 Å². The molecule has 18 heavy (non-hydrogen) atoms. The lowest BCUT2D eigenvalue weighted by Gasteiger charge is -2.47. The monoisotopic (exact) mass is 267 g/mol. The van der Waals surface area contributed by atoms with Crippen molar-refractivity contribution in [3.05, 3.63) is 34.6 Å². The van der Waals surface area contributed by atoms with Crippen LogP contribution in [0.3, 0.4) is 0 Å². The van der Waals surface area contributed by atoms with Crippen LogP contribution < -0.4 is 5.32 Å². The maximum Gasteiger partial charge on any atom is 0.145 e. The van der Waals surface area contributed by atoms with Crippen LogP contribution in [0.25, 0.3) is 0 Å². The van der Waals surface area contributed by atoms with E-state index < -0.39 is 0 Å². The van der Waals surface area contributed by atoms with Gasteiger partial charge in [-0.3, -0.25) is 0 Å². The van der Waals surface area contributed by atoms with Gasteiger partial charge in [0.05, 0.1) is 5.02 Å². The Kier molecular flexibility index (Phi) is 3.11. The third kappa shape index (κ3) is 2.17. The van der Waals surface area contributed by atoms with Crippen molar-refractivity contribution in [3.8, 4) is 0 Å². The number of benzene rings is 1. The lowest BCUT2D eigenvalue weighted by atomic mass is 9.59. The third-order valence-electron chi connectivity index (χ3n) is 4.31. The van der Waals surface area contributed by atoms with E-state index in [2.05, 4.69) is 12.2 Å². The van der Waals surface area contributed by atoms with Gasteiger partial charge < -0.3 is 5.32 Å². The molecule has 1 aromatic rings. The first-order valence-electron chi connectivity index (χ1n) is 6.79. The van der Waals surface area contributed by atoms with Crippen molar-refractivity contribution in [2.75, 3.05) is 6.54 Å². The first-order valence-corrected chi connectivity index (χ1v) is 7.16. The lowest BCUT2D eigenvalue weighted by molar-refractivity contribution is 0.147. The molecule has 0 aliphatic heterocycles. The minimum absolute atomic E-state index is 0.0308. The smallest absolute Gasteiger partial charge is 0.145 e. The molecule has 0 aromatic heterocycles. The molecule has 0 heterocycles. The van der Waals surface area contributed by atoms with E-state index in [1.54, 1.807) is 6.07 Å². The van der Waals surface area contributed by atoms with Gasteiger partial charge in [-0.05, 0) is 43.2 Å². The van der Waals surface area contributed by atoms with Gasteiger partial charge in [0.1, 0.15) is 5.82 Å². The second kappa shape index (κ2) is 4.50. The van der Waals surface area contributed by atoms with Gasteiger partial charge in [0, 0.05) is 18.0 Å². The van der Waals surface area contributed by atoms with Gasteiger partial charge in [-0.15, -0.1) is 0 Å². The Morgan fingerprint density at radius 2 is 2.11 bits per heavy atom. The fourth-order valence-electron chi connectivity index (χ4n) is 3.27. The molecule has 0 atom stereocenters. The molecule has 0 amide bonds. The molecule has 3 heteroatoms. The van der Waals surface area contributed by atoms with Crippen LogP contribution >= 0.6 is 11.6 Å². The average molecular weight is 268 g/mol. The van der Waals surface area contributed by atoms with Crippen LogP contribution in [0.15, 0.2) is 18.2 Å².